The molecule has 2 heterocycles. The summed E-state index contributed by atoms with van der Waals surface area (Å²) in [5, 5.41) is 4.14. The van der Waals surface area contributed by atoms with E-state index in [1.165, 1.54) is 5.56 Å². The van der Waals surface area contributed by atoms with E-state index in [1.807, 2.05) is 34.0 Å². The molecule has 0 saturated heterocycles. The first-order valence-electron chi connectivity index (χ1n) is 6.80. The van der Waals surface area contributed by atoms with Crippen LogP contribution in [0, 0.1) is 0 Å². The highest BCUT2D eigenvalue weighted by Crippen LogP contribution is 2.31. The SMILES string of the molecule is O=C(CCCn1cccn1)N1CCc2ccc(Br)cc21. The van der Waals surface area contributed by atoms with E-state index in [1.54, 1.807) is 6.20 Å². The lowest BCUT2D eigenvalue weighted by Crippen LogP contribution is -2.28. The van der Waals surface area contributed by atoms with Crippen LogP contribution in [0.4, 0.5) is 5.69 Å². The van der Waals surface area contributed by atoms with Crippen molar-refractivity contribution in [3.8, 4) is 0 Å². The van der Waals surface area contributed by atoms with Crippen molar-refractivity contribution in [2.75, 3.05) is 11.4 Å². The van der Waals surface area contributed by atoms with E-state index in [0.29, 0.717) is 6.42 Å². The minimum Gasteiger partial charge on any atom is -0.312 e. The first-order chi connectivity index (χ1) is 9.74. The topological polar surface area (TPSA) is 38.1 Å². The number of aromatic nitrogens is 2. The summed E-state index contributed by atoms with van der Waals surface area (Å²) in [6.07, 6.45) is 6.02. The van der Waals surface area contributed by atoms with Crippen LogP contribution in [0.5, 0.6) is 0 Å². The molecule has 5 heteroatoms. The molecule has 0 unspecified atom stereocenters. The maximum atomic E-state index is 12.3. The van der Waals surface area contributed by atoms with Crippen LogP contribution < -0.4 is 4.90 Å². The average Bonchev–Trinajstić information content (AvgIpc) is 3.07. The molecule has 0 fully saturated rings. The Morgan fingerprint density at radius 3 is 3.10 bits per heavy atom. The van der Waals surface area contributed by atoms with E-state index >= 15 is 0 Å². The van der Waals surface area contributed by atoms with Crippen LogP contribution in [-0.4, -0.2) is 22.2 Å². The van der Waals surface area contributed by atoms with Gasteiger partial charge in [-0.25, -0.2) is 0 Å². The Morgan fingerprint density at radius 1 is 1.40 bits per heavy atom. The Morgan fingerprint density at radius 2 is 2.30 bits per heavy atom. The molecule has 0 aliphatic carbocycles. The number of halogens is 1. The van der Waals surface area contributed by atoms with Gasteiger partial charge in [0.25, 0.3) is 0 Å². The molecule has 0 radical (unpaired) electrons. The zero-order valence-corrected chi connectivity index (χ0v) is 12.7. The van der Waals surface area contributed by atoms with Crippen LogP contribution in [-0.2, 0) is 17.8 Å². The van der Waals surface area contributed by atoms with Gasteiger partial charge in [0, 0.05) is 42.1 Å². The van der Waals surface area contributed by atoms with Gasteiger partial charge in [0.05, 0.1) is 0 Å². The van der Waals surface area contributed by atoms with E-state index in [0.717, 1.165) is 36.1 Å². The fourth-order valence-corrected chi connectivity index (χ4v) is 2.92. The third-order valence-electron chi connectivity index (χ3n) is 3.58. The number of carbonyl (C=O) groups excluding carboxylic acids is 1. The Hall–Kier alpha value is -1.62. The van der Waals surface area contributed by atoms with Gasteiger partial charge in [0.1, 0.15) is 0 Å². The average molecular weight is 334 g/mol. The highest BCUT2D eigenvalue weighted by atomic mass is 79.9. The molecule has 1 aliphatic rings. The Labute approximate surface area is 126 Å². The standard InChI is InChI=1S/C15H16BrN3O/c16-13-5-4-12-6-10-19(14(12)11-13)15(20)3-1-8-18-9-2-7-17-18/h2,4-5,7,9,11H,1,3,6,8,10H2. The van der Waals surface area contributed by atoms with Gasteiger partial charge in [-0.05, 0) is 36.6 Å². The van der Waals surface area contributed by atoms with Gasteiger partial charge < -0.3 is 4.90 Å². The number of hydrogen-bond donors (Lipinski definition) is 0. The fourth-order valence-electron chi connectivity index (χ4n) is 2.57. The molecular weight excluding hydrogens is 318 g/mol. The monoisotopic (exact) mass is 333 g/mol. The summed E-state index contributed by atoms with van der Waals surface area (Å²) in [4.78, 5) is 14.2. The molecule has 1 amide bonds. The first-order valence-corrected chi connectivity index (χ1v) is 7.59. The largest absolute Gasteiger partial charge is 0.312 e. The summed E-state index contributed by atoms with van der Waals surface area (Å²) in [6, 6.07) is 8.06. The van der Waals surface area contributed by atoms with Crippen molar-refractivity contribution >= 4 is 27.5 Å². The second-order valence-corrected chi connectivity index (χ2v) is 5.86. The predicted octanol–water partition coefficient (Wildman–Crippen LogP) is 3.02. The van der Waals surface area contributed by atoms with Crippen LogP contribution in [0.2, 0.25) is 0 Å². The molecule has 0 bridgehead atoms. The Balaban J connectivity index is 1.60. The number of fused-ring (bicyclic) bond motifs is 1. The van der Waals surface area contributed by atoms with E-state index in [4.69, 9.17) is 0 Å². The van der Waals surface area contributed by atoms with Crippen LogP contribution in [0.25, 0.3) is 0 Å². The fraction of sp³-hybridized carbons (Fsp3) is 0.333. The number of amides is 1. The lowest BCUT2D eigenvalue weighted by molar-refractivity contribution is -0.118. The summed E-state index contributed by atoms with van der Waals surface area (Å²) in [5.74, 6) is 0.203. The molecule has 1 aliphatic heterocycles. The van der Waals surface area contributed by atoms with Crippen LogP contribution in [0.3, 0.4) is 0 Å². The van der Waals surface area contributed by atoms with Crippen LogP contribution >= 0.6 is 15.9 Å². The van der Waals surface area contributed by atoms with Gasteiger partial charge >= 0.3 is 0 Å². The van der Waals surface area contributed by atoms with Gasteiger partial charge in [0.2, 0.25) is 5.91 Å². The molecule has 0 N–H and O–H groups in total. The van der Waals surface area contributed by atoms with Crippen molar-refractivity contribution in [3.63, 3.8) is 0 Å². The maximum Gasteiger partial charge on any atom is 0.227 e. The molecule has 1 aromatic carbocycles. The minimum atomic E-state index is 0.203. The second-order valence-electron chi connectivity index (χ2n) is 4.94. The molecule has 4 nitrogen and oxygen atoms in total. The van der Waals surface area contributed by atoms with Crippen LogP contribution in [0.15, 0.2) is 41.1 Å². The van der Waals surface area contributed by atoms with Gasteiger partial charge in [-0.1, -0.05) is 22.0 Å². The van der Waals surface area contributed by atoms with Gasteiger partial charge in [0.15, 0.2) is 0 Å². The van der Waals surface area contributed by atoms with Crippen molar-refractivity contribution in [1.29, 1.82) is 0 Å². The van der Waals surface area contributed by atoms with Gasteiger partial charge in [-0.2, -0.15) is 5.10 Å². The Kier molecular flexibility index (Phi) is 3.87. The molecule has 20 heavy (non-hydrogen) atoms. The zero-order valence-electron chi connectivity index (χ0n) is 11.1. The maximum absolute atomic E-state index is 12.3. The highest BCUT2D eigenvalue weighted by Gasteiger charge is 2.24. The number of hydrogen-bond acceptors (Lipinski definition) is 2. The smallest absolute Gasteiger partial charge is 0.227 e. The molecule has 3 rings (SSSR count). The quantitative estimate of drug-likeness (QED) is 0.862. The normalized spacial score (nSPS) is 13.6. The summed E-state index contributed by atoms with van der Waals surface area (Å²) in [5.41, 5.74) is 2.32. The van der Waals surface area contributed by atoms with Crippen molar-refractivity contribution in [3.05, 3.63) is 46.7 Å². The van der Waals surface area contributed by atoms with Crippen molar-refractivity contribution in [2.24, 2.45) is 0 Å². The third kappa shape index (κ3) is 2.77. The number of nitrogens with zero attached hydrogens (tertiary/aromatic N) is 3. The Bertz CT molecular complexity index is 610. The number of anilines is 1. The predicted molar refractivity (Wildman–Crippen MR) is 81.7 cm³/mol. The number of rotatable bonds is 4. The molecule has 0 atom stereocenters. The van der Waals surface area contributed by atoms with E-state index in [-0.39, 0.29) is 5.91 Å². The first kappa shape index (κ1) is 13.4. The number of benzene rings is 1. The van der Waals surface area contributed by atoms with Crippen molar-refractivity contribution < 1.29 is 4.79 Å². The van der Waals surface area contributed by atoms with Crippen LogP contribution in [0.1, 0.15) is 18.4 Å². The molecule has 104 valence electrons. The molecule has 0 saturated carbocycles. The molecular formula is C15H16BrN3O. The zero-order chi connectivity index (χ0) is 13.9. The van der Waals surface area contributed by atoms with Crippen molar-refractivity contribution in [1.82, 2.24) is 9.78 Å². The van der Waals surface area contributed by atoms with E-state index in [9.17, 15) is 4.79 Å². The third-order valence-corrected chi connectivity index (χ3v) is 4.07. The minimum absolute atomic E-state index is 0.203. The summed E-state index contributed by atoms with van der Waals surface area (Å²) < 4.78 is 2.88. The summed E-state index contributed by atoms with van der Waals surface area (Å²) in [6.45, 7) is 1.59. The summed E-state index contributed by atoms with van der Waals surface area (Å²) >= 11 is 3.47. The summed E-state index contributed by atoms with van der Waals surface area (Å²) in [7, 11) is 0. The van der Waals surface area contributed by atoms with E-state index in [2.05, 4.69) is 27.1 Å². The number of aryl methyl sites for hydroxylation is 1. The van der Waals surface area contributed by atoms with Crippen molar-refractivity contribution in [2.45, 2.75) is 25.8 Å². The molecule has 0 spiro atoms. The van der Waals surface area contributed by atoms with Gasteiger partial charge in [-0.15, -0.1) is 0 Å². The molecule has 2 aromatic rings. The van der Waals surface area contributed by atoms with E-state index < -0.39 is 0 Å². The second kappa shape index (κ2) is 5.79. The lowest BCUT2D eigenvalue weighted by atomic mass is 10.2. The molecule has 1 aromatic heterocycles. The highest BCUT2D eigenvalue weighted by molar-refractivity contribution is 9.10. The lowest BCUT2D eigenvalue weighted by Gasteiger charge is -2.17. The number of carbonyl (C=O) groups is 1. The van der Waals surface area contributed by atoms with Gasteiger partial charge in [-0.3, -0.25) is 9.48 Å².